The molecular formula is C32H35N7O4S. The number of carbonyl (C=O) groups excluding carboxylic acids is 1. The summed E-state index contributed by atoms with van der Waals surface area (Å²) in [7, 11) is -2.06. The van der Waals surface area contributed by atoms with E-state index in [1.165, 1.54) is 24.3 Å². The third kappa shape index (κ3) is 5.72. The number of rotatable bonds is 9. The van der Waals surface area contributed by atoms with Crippen molar-refractivity contribution in [2.45, 2.75) is 31.3 Å². The average Bonchev–Trinajstić information content (AvgIpc) is 3.64. The van der Waals surface area contributed by atoms with E-state index in [1.807, 2.05) is 36.4 Å². The summed E-state index contributed by atoms with van der Waals surface area (Å²) < 4.78 is 32.0. The smallest absolute Gasteiger partial charge is 0.251 e. The number of ether oxygens (including phenoxy) is 1. The number of aromatic nitrogens is 3. The van der Waals surface area contributed by atoms with Gasteiger partial charge in [-0.2, -0.15) is 0 Å². The maximum absolute atomic E-state index is 13.1. The number of pyridine rings is 3. The second kappa shape index (κ2) is 11.4. The van der Waals surface area contributed by atoms with E-state index >= 15 is 0 Å². The molecule has 3 aliphatic rings. The molecule has 2 aliphatic heterocycles. The second-order valence-electron chi connectivity index (χ2n) is 11.7. The molecule has 7 rings (SSSR count). The Morgan fingerprint density at radius 3 is 2.77 bits per heavy atom. The molecule has 12 heteroatoms. The van der Waals surface area contributed by atoms with E-state index in [2.05, 4.69) is 26.6 Å². The molecule has 0 atom stereocenters. The summed E-state index contributed by atoms with van der Waals surface area (Å²) in [6.07, 6.45) is 4.80. The quantitative estimate of drug-likeness (QED) is 0.293. The lowest BCUT2D eigenvalue weighted by Crippen LogP contribution is -2.52. The van der Waals surface area contributed by atoms with Crippen LogP contribution in [0.4, 0.5) is 11.5 Å². The lowest BCUT2D eigenvalue weighted by atomic mass is 10.1. The molecule has 1 aliphatic carbocycles. The summed E-state index contributed by atoms with van der Waals surface area (Å²) in [5.74, 6) is 0.554. The number of nitrogens with one attached hydrogen (secondary N) is 2. The summed E-state index contributed by atoms with van der Waals surface area (Å²) in [6, 6.07) is 17.1. The number of nitrogens with zero attached hydrogens (tertiary/aromatic N) is 5. The number of hydrogen-bond acceptors (Lipinski definition) is 9. The number of amides is 1. The van der Waals surface area contributed by atoms with Crippen molar-refractivity contribution in [2.75, 3.05) is 54.9 Å². The molecule has 4 aromatic rings. The molecular weight excluding hydrogens is 578 g/mol. The Hall–Kier alpha value is -4.13. The van der Waals surface area contributed by atoms with Crippen LogP contribution in [0, 0.1) is 0 Å². The summed E-state index contributed by atoms with van der Waals surface area (Å²) in [5, 5.41) is 7.46. The molecule has 44 heavy (non-hydrogen) atoms. The fourth-order valence-electron chi connectivity index (χ4n) is 6.03. The van der Waals surface area contributed by atoms with Crippen molar-refractivity contribution in [2.24, 2.45) is 0 Å². The van der Waals surface area contributed by atoms with Crippen LogP contribution < -0.4 is 19.8 Å². The Balaban J connectivity index is 1.05. The van der Waals surface area contributed by atoms with Gasteiger partial charge in [-0.05, 0) is 67.3 Å². The fraction of sp³-hybridized carbons (Fsp3) is 0.375. The highest BCUT2D eigenvalue weighted by atomic mass is 32.2. The van der Waals surface area contributed by atoms with Crippen LogP contribution in [-0.2, 0) is 27.7 Å². The summed E-state index contributed by atoms with van der Waals surface area (Å²) in [5.41, 5.74) is 5.13. The molecule has 1 spiro atoms. The van der Waals surface area contributed by atoms with E-state index in [0.29, 0.717) is 29.9 Å². The van der Waals surface area contributed by atoms with Crippen molar-refractivity contribution in [3.8, 4) is 11.4 Å². The molecule has 1 amide bonds. The zero-order valence-corrected chi connectivity index (χ0v) is 25.4. The number of hydrogen-bond donors (Lipinski definition) is 2. The topological polar surface area (TPSA) is 130 Å². The third-order valence-corrected chi connectivity index (χ3v) is 10.4. The molecule has 5 heterocycles. The number of fused-ring (bicyclic) bond motifs is 2. The first-order valence-corrected chi connectivity index (χ1v) is 16.6. The Morgan fingerprint density at radius 2 is 1.93 bits per heavy atom. The van der Waals surface area contributed by atoms with Gasteiger partial charge in [-0.25, -0.2) is 18.4 Å². The van der Waals surface area contributed by atoms with Gasteiger partial charge in [-0.3, -0.25) is 14.1 Å². The summed E-state index contributed by atoms with van der Waals surface area (Å²) in [4.78, 5) is 29.8. The minimum atomic E-state index is -3.54. The van der Waals surface area contributed by atoms with Gasteiger partial charge >= 0.3 is 0 Å². The molecule has 2 N–H and O–H groups in total. The van der Waals surface area contributed by atoms with E-state index in [0.717, 1.165) is 53.3 Å². The SMILES string of the molecule is COCCS(=O)(=O)N1CCc2ccc(C(=O)NCc3cc4nc(-c5cccc(N6CCNC7(CC7)C6)n5)ccc4cn3)cc21. The van der Waals surface area contributed by atoms with Crippen LogP contribution in [0.2, 0.25) is 0 Å². The number of piperazine rings is 1. The highest BCUT2D eigenvalue weighted by Crippen LogP contribution is 2.38. The van der Waals surface area contributed by atoms with Crippen LogP contribution >= 0.6 is 0 Å². The van der Waals surface area contributed by atoms with Crippen LogP contribution in [0.15, 0.2) is 60.8 Å². The standard InChI is InChI=1S/C32H35N7O4S/c1-43-15-16-44(41,42)39-13-9-22-5-6-23(17-29(22)39)31(40)34-20-25-18-28-24(19-33-25)7-8-27(36-28)26-3-2-4-30(37-26)38-14-12-35-32(21-38)10-11-32/h2-8,17-19,35H,9-16,20-21H2,1H3,(H,34,40). The molecule has 1 saturated heterocycles. The first kappa shape index (κ1) is 28.6. The monoisotopic (exact) mass is 613 g/mol. The molecule has 228 valence electrons. The number of sulfonamides is 1. The fourth-order valence-corrected chi connectivity index (χ4v) is 7.47. The van der Waals surface area contributed by atoms with Crippen LogP contribution in [0.5, 0.6) is 0 Å². The van der Waals surface area contributed by atoms with E-state index < -0.39 is 10.0 Å². The van der Waals surface area contributed by atoms with Crippen molar-refractivity contribution in [1.29, 1.82) is 0 Å². The van der Waals surface area contributed by atoms with Crippen molar-refractivity contribution in [3.05, 3.63) is 77.6 Å². The minimum Gasteiger partial charge on any atom is -0.384 e. The molecule has 2 fully saturated rings. The molecule has 0 unspecified atom stereocenters. The maximum Gasteiger partial charge on any atom is 0.251 e. The molecule has 3 aromatic heterocycles. The van der Waals surface area contributed by atoms with Gasteiger partial charge in [0.2, 0.25) is 10.0 Å². The highest BCUT2D eigenvalue weighted by Gasteiger charge is 2.45. The Bertz CT molecular complexity index is 1840. The van der Waals surface area contributed by atoms with Crippen molar-refractivity contribution in [1.82, 2.24) is 25.6 Å². The summed E-state index contributed by atoms with van der Waals surface area (Å²) >= 11 is 0. The molecule has 0 bridgehead atoms. The van der Waals surface area contributed by atoms with E-state index in [9.17, 15) is 13.2 Å². The lowest BCUT2D eigenvalue weighted by molar-refractivity contribution is 0.0950. The van der Waals surface area contributed by atoms with Gasteiger partial charge in [0.05, 0.1) is 47.2 Å². The number of benzene rings is 1. The average molecular weight is 614 g/mol. The highest BCUT2D eigenvalue weighted by molar-refractivity contribution is 7.92. The van der Waals surface area contributed by atoms with Crippen LogP contribution in [0.25, 0.3) is 22.3 Å². The van der Waals surface area contributed by atoms with Crippen LogP contribution in [-0.4, -0.2) is 80.5 Å². The number of methoxy groups -OCH3 is 1. The lowest BCUT2D eigenvalue weighted by Gasteiger charge is -2.35. The van der Waals surface area contributed by atoms with Gasteiger partial charge in [-0.15, -0.1) is 0 Å². The normalized spacial score (nSPS) is 17.2. The van der Waals surface area contributed by atoms with Crippen molar-refractivity contribution >= 4 is 38.3 Å². The van der Waals surface area contributed by atoms with E-state index in [1.54, 1.807) is 18.3 Å². The summed E-state index contributed by atoms with van der Waals surface area (Å²) in [6.45, 7) is 3.55. The maximum atomic E-state index is 13.1. The Morgan fingerprint density at radius 1 is 1.07 bits per heavy atom. The van der Waals surface area contributed by atoms with Gasteiger partial charge < -0.3 is 20.3 Å². The Kier molecular flexibility index (Phi) is 7.43. The number of carbonyl (C=O) groups is 1. The van der Waals surface area contributed by atoms with Gasteiger partial charge in [0.15, 0.2) is 0 Å². The van der Waals surface area contributed by atoms with Gasteiger partial charge in [0.1, 0.15) is 5.82 Å². The van der Waals surface area contributed by atoms with Crippen LogP contribution in [0.1, 0.15) is 34.5 Å². The number of anilines is 2. The van der Waals surface area contributed by atoms with Crippen molar-refractivity contribution < 1.29 is 17.9 Å². The zero-order chi connectivity index (χ0) is 30.3. The molecule has 1 saturated carbocycles. The van der Waals surface area contributed by atoms with Gasteiger partial charge in [-0.1, -0.05) is 12.1 Å². The van der Waals surface area contributed by atoms with E-state index in [-0.39, 0.29) is 30.4 Å². The van der Waals surface area contributed by atoms with Crippen molar-refractivity contribution in [3.63, 3.8) is 0 Å². The largest absolute Gasteiger partial charge is 0.384 e. The third-order valence-electron chi connectivity index (χ3n) is 8.69. The molecule has 11 nitrogen and oxygen atoms in total. The predicted molar refractivity (Wildman–Crippen MR) is 169 cm³/mol. The first-order chi connectivity index (χ1) is 21.3. The zero-order valence-electron chi connectivity index (χ0n) is 24.6. The van der Waals surface area contributed by atoms with Gasteiger partial charge in [0.25, 0.3) is 5.91 Å². The van der Waals surface area contributed by atoms with Crippen LogP contribution in [0.3, 0.4) is 0 Å². The first-order valence-electron chi connectivity index (χ1n) is 15.0. The predicted octanol–water partition coefficient (Wildman–Crippen LogP) is 2.90. The molecule has 1 aromatic carbocycles. The Labute approximate surface area is 256 Å². The molecule has 0 radical (unpaired) electrons. The van der Waals surface area contributed by atoms with Gasteiger partial charge in [0, 0.05) is 56.0 Å². The van der Waals surface area contributed by atoms with E-state index in [4.69, 9.17) is 14.7 Å². The second-order valence-corrected chi connectivity index (χ2v) is 13.7. The minimum absolute atomic E-state index is 0.110.